The molecule has 1 saturated carbocycles. The Balaban J connectivity index is 1.63. The van der Waals surface area contributed by atoms with Gasteiger partial charge in [0.1, 0.15) is 11.6 Å². The number of methoxy groups -OCH3 is 1. The van der Waals surface area contributed by atoms with Crippen molar-refractivity contribution in [3.63, 3.8) is 0 Å². The molecule has 0 bridgehead atoms. The van der Waals surface area contributed by atoms with Crippen molar-refractivity contribution in [3.05, 3.63) is 71.9 Å². The van der Waals surface area contributed by atoms with Gasteiger partial charge in [-0.25, -0.2) is 4.68 Å². The zero-order valence-corrected chi connectivity index (χ0v) is 14.0. The second-order valence-electron chi connectivity index (χ2n) is 6.16. The second-order valence-corrected chi connectivity index (χ2v) is 6.16. The van der Waals surface area contributed by atoms with Gasteiger partial charge in [0.2, 0.25) is 0 Å². The number of amides is 1. The van der Waals surface area contributed by atoms with Crippen LogP contribution in [0.4, 0.5) is 5.82 Å². The first-order valence-corrected chi connectivity index (χ1v) is 8.35. The number of hydrogen-bond donors (Lipinski definition) is 1. The van der Waals surface area contributed by atoms with Crippen molar-refractivity contribution in [1.82, 2.24) is 9.78 Å². The van der Waals surface area contributed by atoms with Gasteiger partial charge >= 0.3 is 0 Å². The Morgan fingerprint density at radius 2 is 1.84 bits per heavy atom. The van der Waals surface area contributed by atoms with Gasteiger partial charge in [0.25, 0.3) is 5.91 Å². The lowest BCUT2D eigenvalue weighted by atomic mass is 10.2. The third kappa shape index (κ3) is 3.26. The van der Waals surface area contributed by atoms with Gasteiger partial charge in [-0.15, -0.1) is 0 Å². The normalized spacial score (nSPS) is 13.5. The molecular formula is C20H19N3O2. The summed E-state index contributed by atoms with van der Waals surface area (Å²) in [5.74, 6) is 1.76. The maximum absolute atomic E-state index is 12.6. The van der Waals surface area contributed by atoms with Crippen LogP contribution in [0.25, 0.3) is 5.69 Å². The third-order valence-electron chi connectivity index (χ3n) is 4.32. The molecule has 1 aliphatic carbocycles. The number of rotatable bonds is 5. The van der Waals surface area contributed by atoms with E-state index in [4.69, 9.17) is 9.84 Å². The molecule has 0 aliphatic heterocycles. The standard InChI is InChI=1S/C20H19N3O2/c1-25-17-11-9-15(10-12-17)20(24)21-19-13-18(14-7-8-14)22-23(19)16-5-3-2-4-6-16/h2-6,9-14H,7-8H2,1H3,(H,21,24). The van der Waals surface area contributed by atoms with Crippen LogP contribution in [0.2, 0.25) is 0 Å². The lowest BCUT2D eigenvalue weighted by molar-refractivity contribution is 0.102. The molecule has 3 aromatic rings. The lowest BCUT2D eigenvalue weighted by Crippen LogP contribution is -2.15. The first-order valence-electron chi connectivity index (χ1n) is 8.35. The highest BCUT2D eigenvalue weighted by atomic mass is 16.5. The number of hydrogen-bond acceptors (Lipinski definition) is 3. The second kappa shape index (κ2) is 6.43. The smallest absolute Gasteiger partial charge is 0.256 e. The minimum absolute atomic E-state index is 0.165. The molecule has 1 aromatic heterocycles. The van der Waals surface area contributed by atoms with Gasteiger partial charge in [0, 0.05) is 17.5 Å². The Morgan fingerprint density at radius 1 is 1.12 bits per heavy atom. The fraction of sp³-hybridized carbons (Fsp3) is 0.200. The van der Waals surface area contributed by atoms with E-state index < -0.39 is 0 Å². The van der Waals surface area contributed by atoms with Gasteiger partial charge in [-0.05, 0) is 49.2 Å². The van der Waals surface area contributed by atoms with Gasteiger partial charge in [-0.2, -0.15) is 5.10 Å². The van der Waals surface area contributed by atoms with Crippen LogP contribution in [0.3, 0.4) is 0 Å². The molecule has 0 radical (unpaired) electrons. The molecule has 126 valence electrons. The molecule has 0 spiro atoms. The van der Waals surface area contributed by atoms with E-state index in [1.54, 1.807) is 36.1 Å². The zero-order chi connectivity index (χ0) is 17.2. The third-order valence-corrected chi connectivity index (χ3v) is 4.32. The molecule has 25 heavy (non-hydrogen) atoms. The topological polar surface area (TPSA) is 56.1 Å². The summed E-state index contributed by atoms with van der Waals surface area (Å²) in [5.41, 5.74) is 2.54. The summed E-state index contributed by atoms with van der Waals surface area (Å²) in [7, 11) is 1.60. The number of para-hydroxylation sites is 1. The summed E-state index contributed by atoms with van der Waals surface area (Å²) < 4.78 is 6.94. The highest BCUT2D eigenvalue weighted by molar-refractivity contribution is 6.04. The van der Waals surface area contributed by atoms with Crippen LogP contribution in [0.15, 0.2) is 60.7 Å². The van der Waals surface area contributed by atoms with E-state index in [9.17, 15) is 4.79 Å². The first kappa shape index (κ1) is 15.4. The Hall–Kier alpha value is -3.08. The number of carbonyl (C=O) groups excluding carboxylic acids is 1. The van der Waals surface area contributed by atoms with Crippen LogP contribution in [0.1, 0.15) is 34.8 Å². The Morgan fingerprint density at radius 3 is 2.48 bits per heavy atom. The SMILES string of the molecule is COc1ccc(C(=O)Nc2cc(C3CC3)nn2-c2ccccc2)cc1. The number of nitrogens with one attached hydrogen (secondary N) is 1. The van der Waals surface area contributed by atoms with Crippen molar-refractivity contribution in [2.45, 2.75) is 18.8 Å². The number of ether oxygens (including phenoxy) is 1. The summed E-state index contributed by atoms with van der Waals surface area (Å²) in [6, 6.07) is 18.9. The van der Waals surface area contributed by atoms with Crippen LogP contribution in [0.5, 0.6) is 5.75 Å². The number of nitrogens with zero attached hydrogens (tertiary/aromatic N) is 2. The van der Waals surface area contributed by atoms with E-state index >= 15 is 0 Å². The van der Waals surface area contributed by atoms with E-state index in [0.717, 1.165) is 30.0 Å². The molecule has 0 unspecified atom stereocenters. The molecule has 1 aliphatic rings. The van der Waals surface area contributed by atoms with Crippen molar-refractivity contribution < 1.29 is 9.53 Å². The summed E-state index contributed by atoms with van der Waals surface area (Å²) >= 11 is 0. The van der Waals surface area contributed by atoms with Gasteiger partial charge < -0.3 is 10.1 Å². The van der Waals surface area contributed by atoms with Crippen LogP contribution in [-0.4, -0.2) is 22.8 Å². The minimum Gasteiger partial charge on any atom is -0.497 e. The number of aromatic nitrogens is 2. The predicted molar refractivity (Wildman–Crippen MR) is 96.5 cm³/mol. The van der Waals surface area contributed by atoms with Crippen LogP contribution < -0.4 is 10.1 Å². The van der Waals surface area contributed by atoms with E-state index in [1.165, 1.54) is 0 Å². The average molecular weight is 333 g/mol. The predicted octanol–water partition coefficient (Wildman–Crippen LogP) is 4.01. The summed E-state index contributed by atoms with van der Waals surface area (Å²) in [6.45, 7) is 0. The van der Waals surface area contributed by atoms with Crippen molar-refractivity contribution in [2.24, 2.45) is 0 Å². The maximum atomic E-state index is 12.6. The molecule has 1 heterocycles. The van der Waals surface area contributed by atoms with E-state index in [2.05, 4.69) is 5.32 Å². The quantitative estimate of drug-likeness (QED) is 0.767. The maximum Gasteiger partial charge on any atom is 0.256 e. The molecule has 5 heteroatoms. The average Bonchev–Trinajstić information content (AvgIpc) is 3.43. The number of carbonyl (C=O) groups is 1. The van der Waals surface area contributed by atoms with E-state index in [0.29, 0.717) is 17.3 Å². The largest absolute Gasteiger partial charge is 0.497 e. The van der Waals surface area contributed by atoms with Gasteiger partial charge in [0.05, 0.1) is 18.5 Å². The number of anilines is 1. The zero-order valence-electron chi connectivity index (χ0n) is 14.0. The van der Waals surface area contributed by atoms with Crippen molar-refractivity contribution in [1.29, 1.82) is 0 Å². The summed E-state index contributed by atoms with van der Waals surface area (Å²) in [4.78, 5) is 12.6. The Bertz CT molecular complexity index is 881. The lowest BCUT2D eigenvalue weighted by Gasteiger charge is -2.09. The molecule has 1 fully saturated rings. The molecule has 0 atom stereocenters. The van der Waals surface area contributed by atoms with E-state index in [-0.39, 0.29) is 5.91 Å². The summed E-state index contributed by atoms with van der Waals surface area (Å²) in [5, 5.41) is 7.69. The Labute approximate surface area is 146 Å². The van der Waals surface area contributed by atoms with Gasteiger partial charge in [0.15, 0.2) is 0 Å². The van der Waals surface area contributed by atoms with Gasteiger partial charge in [-0.3, -0.25) is 4.79 Å². The highest BCUT2D eigenvalue weighted by Gasteiger charge is 2.28. The first-order chi connectivity index (χ1) is 12.2. The molecule has 1 amide bonds. The molecular weight excluding hydrogens is 314 g/mol. The van der Waals surface area contributed by atoms with Crippen LogP contribution in [0, 0.1) is 0 Å². The van der Waals surface area contributed by atoms with Crippen molar-refractivity contribution >= 4 is 11.7 Å². The summed E-state index contributed by atoms with van der Waals surface area (Å²) in [6.07, 6.45) is 2.33. The van der Waals surface area contributed by atoms with Crippen LogP contribution >= 0.6 is 0 Å². The monoisotopic (exact) mass is 333 g/mol. The van der Waals surface area contributed by atoms with Crippen molar-refractivity contribution in [2.75, 3.05) is 12.4 Å². The molecule has 5 nitrogen and oxygen atoms in total. The van der Waals surface area contributed by atoms with Gasteiger partial charge in [-0.1, -0.05) is 18.2 Å². The minimum atomic E-state index is -0.165. The fourth-order valence-electron chi connectivity index (χ4n) is 2.76. The Kier molecular flexibility index (Phi) is 3.98. The van der Waals surface area contributed by atoms with Crippen molar-refractivity contribution in [3.8, 4) is 11.4 Å². The molecule has 1 N–H and O–H groups in total. The molecule has 4 rings (SSSR count). The highest BCUT2D eigenvalue weighted by Crippen LogP contribution is 2.40. The molecule has 0 saturated heterocycles. The van der Waals surface area contributed by atoms with E-state index in [1.807, 2.05) is 36.4 Å². The van der Waals surface area contributed by atoms with Crippen LogP contribution in [-0.2, 0) is 0 Å². The fourth-order valence-corrected chi connectivity index (χ4v) is 2.76. The number of benzene rings is 2. The molecule has 2 aromatic carbocycles.